The van der Waals surface area contributed by atoms with Crippen molar-refractivity contribution >= 4 is 27.3 Å². The monoisotopic (exact) mass is 316 g/mol. The van der Waals surface area contributed by atoms with E-state index in [1.165, 1.54) is 47.6 Å². The van der Waals surface area contributed by atoms with Crippen molar-refractivity contribution in [2.24, 2.45) is 0 Å². The molecule has 96 valence electrons. The van der Waals surface area contributed by atoms with Crippen molar-refractivity contribution in [3.8, 4) is 0 Å². The van der Waals surface area contributed by atoms with Gasteiger partial charge < -0.3 is 5.32 Å². The van der Waals surface area contributed by atoms with Gasteiger partial charge in [0.15, 0.2) is 0 Å². The fraction of sp³-hybridized carbons (Fsp3) is 0.692. The lowest BCUT2D eigenvalue weighted by molar-refractivity contribution is 0.257. The van der Waals surface area contributed by atoms with E-state index in [-0.39, 0.29) is 0 Å². The lowest BCUT2D eigenvalue weighted by atomic mass is 10.1. The van der Waals surface area contributed by atoms with E-state index in [2.05, 4.69) is 45.2 Å². The summed E-state index contributed by atoms with van der Waals surface area (Å²) in [5.41, 5.74) is 0. The highest BCUT2D eigenvalue weighted by Crippen LogP contribution is 2.23. The number of hydrogen-bond acceptors (Lipinski definition) is 3. The molecule has 0 aliphatic carbocycles. The van der Waals surface area contributed by atoms with Gasteiger partial charge in [-0.05, 0) is 54.0 Å². The van der Waals surface area contributed by atoms with Crippen LogP contribution in [0.2, 0.25) is 0 Å². The van der Waals surface area contributed by atoms with E-state index in [1.54, 1.807) is 0 Å². The highest BCUT2D eigenvalue weighted by molar-refractivity contribution is 9.11. The molecule has 1 unspecified atom stereocenters. The minimum Gasteiger partial charge on any atom is -0.313 e. The summed E-state index contributed by atoms with van der Waals surface area (Å²) in [7, 11) is 0. The van der Waals surface area contributed by atoms with Gasteiger partial charge in [-0.25, -0.2) is 0 Å². The van der Waals surface area contributed by atoms with Crippen LogP contribution in [0, 0.1) is 0 Å². The standard InChI is InChI=1S/C13H21BrN2S/c1-2-4-11-9-16(8-3-7-15-11)10-12-5-6-13(14)17-12/h5-6,11,15H,2-4,7-10H2,1H3. The van der Waals surface area contributed by atoms with Crippen LogP contribution in [0.25, 0.3) is 0 Å². The average Bonchev–Trinajstić information content (AvgIpc) is 2.58. The summed E-state index contributed by atoms with van der Waals surface area (Å²) in [6, 6.07) is 5.08. The highest BCUT2D eigenvalue weighted by Gasteiger charge is 2.17. The Bertz CT molecular complexity index is 340. The number of rotatable bonds is 4. The summed E-state index contributed by atoms with van der Waals surface area (Å²) < 4.78 is 1.24. The van der Waals surface area contributed by atoms with E-state index in [1.807, 2.05) is 11.3 Å². The van der Waals surface area contributed by atoms with E-state index < -0.39 is 0 Å². The van der Waals surface area contributed by atoms with Gasteiger partial charge in [0.25, 0.3) is 0 Å². The Morgan fingerprint density at radius 3 is 3.12 bits per heavy atom. The molecule has 0 radical (unpaired) electrons. The maximum atomic E-state index is 3.66. The molecule has 0 saturated carbocycles. The third kappa shape index (κ3) is 4.36. The Kier molecular flexibility index (Phi) is 5.48. The van der Waals surface area contributed by atoms with Crippen LogP contribution in [0.3, 0.4) is 0 Å². The second-order valence-electron chi connectivity index (χ2n) is 4.73. The van der Waals surface area contributed by atoms with Crippen LogP contribution in [0.4, 0.5) is 0 Å². The number of nitrogens with zero attached hydrogens (tertiary/aromatic N) is 1. The van der Waals surface area contributed by atoms with Gasteiger partial charge in [-0.1, -0.05) is 13.3 Å². The van der Waals surface area contributed by atoms with E-state index in [4.69, 9.17) is 0 Å². The largest absolute Gasteiger partial charge is 0.313 e. The molecule has 2 heterocycles. The molecule has 1 fully saturated rings. The van der Waals surface area contributed by atoms with Crippen LogP contribution in [0.5, 0.6) is 0 Å². The molecule has 1 aliphatic rings. The number of halogens is 1. The van der Waals surface area contributed by atoms with Crippen molar-refractivity contribution in [2.75, 3.05) is 19.6 Å². The lowest BCUT2D eigenvalue weighted by Gasteiger charge is -2.23. The third-order valence-corrected chi connectivity index (χ3v) is 4.82. The zero-order valence-corrected chi connectivity index (χ0v) is 12.8. The van der Waals surface area contributed by atoms with Gasteiger partial charge in [0.2, 0.25) is 0 Å². The first kappa shape index (κ1) is 13.5. The Labute approximate surface area is 117 Å². The van der Waals surface area contributed by atoms with Crippen LogP contribution >= 0.6 is 27.3 Å². The van der Waals surface area contributed by atoms with Gasteiger partial charge in [-0.3, -0.25) is 4.90 Å². The van der Waals surface area contributed by atoms with Crippen LogP contribution in [-0.2, 0) is 6.54 Å². The Hall–Kier alpha value is 0.1000. The molecular formula is C13H21BrN2S. The van der Waals surface area contributed by atoms with E-state index >= 15 is 0 Å². The topological polar surface area (TPSA) is 15.3 Å². The van der Waals surface area contributed by atoms with Gasteiger partial charge in [0, 0.05) is 24.0 Å². The maximum Gasteiger partial charge on any atom is 0.0701 e. The molecule has 0 bridgehead atoms. The second-order valence-corrected chi connectivity index (χ2v) is 7.28. The van der Waals surface area contributed by atoms with Gasteiger partial charge in [-0.15, -0.1) is 11.3 Å². The fourth-order valence-corrected chi connectivity index (χ4v) is 3.94. The van der Waals surface area contributed by atoms with Gasteiger partial charge in [-0.2, -0.15) is 0 Å². The molecule has 1 aromatic heterocycles. The molecule has 4 heteroatoms. The summed E-state index contributed by atoms with van der Waals surface area (Å²) >= 11 is 5.39. The van der Waals surface area contributed by atoms with Gasteiger partial charge in [0.1, 0.15) is 0 Å². The van der Waals surface area contributed by atoms with Crippen molar-refractivity contribution in [2.45, 2.75) is 38.8 Å². The number of hydrogen-bond donors (Lipinski definition) is 1. The molecule has 2 rings (SSSR count). The minimum atomic E-state index is 0.686. The van der Waals surface area contributed by atoms with Gasteiger partial charge >= 0.3 is 0 Å². The Morgan fingerprint density at radius 1 is 1.53 bits per heavy atom. The molecule has 0 spiro atoms. The predicted molar refractivity (Wildman–Crippen MR) is 78.6 cm³/mol. The Balaban J connectivity index is 1.90. The summed E-state index contributed by atoms with van der Waals surface area (Å²) in [4.78, 5) is 4.06. The molecule has 0 amide bonds. The average molecular weight is 317 g/mol. The Morgan fingerprint density at radius 2 is 2.41 bits per heavy atom. The zero-order valence-electron chi connectivity index (χ0n) is 10.4. The van der Waals surface area contributed by atoms with Crippen molar-refractivity contribution < 1.29 is 0 Å². The smallest absolute Gasteiger partial charge is 0.0701 e. The number of nitrogens with one attached hydrogen (secondary N) is 1. The van der Waals surface area contributed by atoms with E-state index in [0.717, 1.165) is 6.54 Å². The third-order valence-electron chi connectivity index (χ3n) is 3.21. The molecule has 1 saturated heterocycles. The molecule has 0 aromatic carbocycles. The van der Waals surface area contributed by atoms with Crippen LogP contribution in [0.15, 0.2) is 15.9 Å². The summed E-state index contributed by atoms with van der Waals surface area (Å²) in [6.07, 6.45) is 3.84. The second kappa shape index (κ2) is 6.88. The molecule has 1 aromatic rings. The summed E-state index contributed by atoms with van der Waals surface area (Å²) in [5.74, 6) is 0. The first-order valence-corrected chi connectivity index (χ1v) is 8.09. The van der Waals surface area contributed by atoms with Gasteiger partial charge in [0.05, 0.1) is 3.79 Å². The molecule has 2 nitrogen and oxygen atoms in total. The molecule has 1 N–H and O–H groups in total. The quantitative estimate of drug-likeness (QED) is 0.915. The summed E-state index contributed by atoms with van der Waals surface area (Å²) in [5, 5.41) is 3.66. The highest BCUT2D eigenvalue weighted by atomic mass is 79.9. The number of thiophene rings is 1. The zero-order chi connectivity index (χ0) is 12.1. The van der Waals surface area contributed by atoms with Crippen LogP contribution in [-0.4, -0.2) is 30.6 Å². The SMILES string of the molecule is CCCC1CN(Cc2ccc(Br)s2)CCCN1. The first-order chi connectivity index (χ1) is 8.28. The maximum absolute atomic E-state index is 3.66. The molecular weight excluding hydrogens is 296 g/mol. The fourth-order valence-electron chi connectivity index (χ4n) is 2.42. The van der Waals surface area contributed by atoms with E-state index in [9.17, 15) is 0 Å². The van der Waals surface area contributed by atoms with Crippen LogP contribution < -0.4 is 5.32 Å². The van der Waals surface area contributed by atoms with Crippen molar-refractivity contribution in [3.05, 3.63) is 20.8 Å². The van der Waals surface area contributed by atoms with Crippen LogP contribution in [0.1, 0.15) is 31.1 Å². The van der Waals surface area contributed by atoms with Crippen molar-refractivity contribution in [3.63, 3.8) is 0 Å². The first-order valence-electron chi connectivity index (χ1n) is 6.48. The normalized spacial score (nSPS) is 22.6. The lowest BCUT2D eigenvalue weighted by Crippen LogP contribution is -2.37. The molecule has 17 heavy (non-hydrogen) atoms. The van der Waals surface area contributed by atoms with Crippen molar-refractivity contribution in [1.29, 1.82) is 0 Å². The molecule has 1 atom stereocenters. The summed E-state index contributed by atoms with van der Waals surface area (Å²) in [6.45, 7) is 6.98. The molecule has 1 aliphatic heterocycles. The van der Waals surface area contributed by atoms with Crippen molar-refractivity contribution in [1.82, 2.24) is 10.2 Å². The minimum absolute atomic E-state index is 0.686. The van der Waals surface area contributed by atoms with E-state index in [0.29, 0.717) is 6.04 Å². The predicted octanol–water partition coefficient (Wildman–Crippen LogP) is 3.47.